The fourth-order valence-electron chi connectivity index (χ4n) is 3.83. The molecule has 1 aromatic heterocycles. The number of nitrogens with zero attached hydrogens (tertiary/aromatic N) is 1. The minimum atomic E-state index is -0.826. The highest BCUT2D eigenvalue weighted by Crippen LogP contribution is 2.33. The number of benzene rings is 2. The van der Waals surface area contributed by atoms with E-state index in [1.54, 1.807) is 36.1 Å². The summed E-state index contributed by atoms with van der Waals surface area (Å²) in [5, 5.41) is 10.7. The monoisotopic (exact) mass is 460 g/mol. The molecule has 1 aliphatic rings. The van der Waals surface area contributed by atoms with Crippen molar-refractivity contribution in [3.8, 4) is 16.9 Å². The lowest BCUT2D eigenvalue weighted by molar-refractivity contribution is -0.148. The van der Waals surface area contributed by atoms with Gasteiger partial charge in [-0.2, -0.15) is 0 Å². The van der Waals surface area contributed by atoms with Gasteiger partial charge in [-0.25, -0.2) is 4.39 Å². The molecule has 0 spiro atoms. The first-order valence-corrected chi connectivity index (χ1v) is 10.5. The number of rotatable bonds is 5. The standard InChI is InChI=1S/C23H22ClFN2O5/c1-13(23(30)27-6-7-31-12-15(27)11-28)32-16-3-5-17-19(9-16)22(29)26-10-20(17)18-4-2-14(25)8-21(18)24/h2-5,8-10,13,15,28H,6-7,11-12H2,1H3,(H,26,29)/t13-,15-/m1/s1. The summed E-state index contributed by atoms with van der Waals surface area (Å²) in [6.07, 6.45) is 0.706. The number of carbonyl (C=O) groups is 1. The Labute approximate surface area is 188 Å². The largest absolute Gasteiger partial charge is 0.481 e. The van der Waals surface area contributed by atoms with Gasteiger partial charge in [0.2, 0.25) is 0 Å². The number of carbonyl (C=O) groups excluding carboxylic acids is 1. The van der Waals surface area contributed by atoms with Crippen molar-refractivity contribution in [2.75, 3.05) is 26.4 Å². The van der Waals surface area contributed by atoms with Gasteiger partial charge in [0.1, 0.15) is 11.6 Å². The first-order chi connectivity index (χ1) is 15.4. The van der Waals surface area contributed by atoms with Crippen molar-refractivity contribution in [2.24, 2.45) is 0 Å². The van der Waals surface area contributed by atoms with Gasteiger partial charge in [0.25, 0.3) is 11.5 Å². The SMILES string of the molecule is C[C@@H](Oc1ccc2c(-c3ccc(F)cc3Cl)c[nH]c(=O)c2c1)C(=O)N1CCOC[C@H]1CO. The zero-order valence-electron chi connectivity index (χ0n) is 17.3. The average Bonchev–Trinajstić information content (AvgIpc) is 2.79. The van der Waals surface area contributed by atoms with Gasteiger partial charge in [-0.1, -0.05) is 11.6 Å². The van der Waals surface area contributed by atoms with Crippen LogP contribution in [0.3, 0.4) is 0 Å². The van der Waals surface area contributed by atoms with Crippen molar-refractivity contribution >= 4 is 28.3 Å². The molecule has 0 aliphatic carbocycles. The number of H-pyrrole nitrogens is 1. The lowest BCUT2D eigenvalue weighted by atomic mass is 10.0. The molecule has 2 atom stereocenters. The van der Waals surface area contributed by atoms with E-state index in [-0.39, 0.29) is 29.7 Å². The zero-order chi connectivity index (χ0) is 22.8. The lowest BCUT2D eigenvalue weighted by Crippen LogP contribution is -2.54. The Bertz CT molecular complexity index is 1210. The number of aromatic amines is 1. The molecule has 9 heteroatoms. The third-order valence-electron chi connectivity index (χ3n) is 5.48. The summed E-state index contributed by atoms with van der Waals surface area (Å²) in [4.78, 5) is 29.5. The maximum atomic E-state index is 13.5. The van der Waals surface area contributed by atoms with Crippen LogP contribution in [-0.4, -0.2) is 59.4 Å². The molecule has 7 nitrogen and oxygen atoms in total. The number of aliphatic hydroxyl groups is 1. The first-order valence-electron chi connectivity index (χ1n) is 10.2. The molecule has 0 saturated carbocycles. The van der Waals surface area contributed by atoms with Crippen molar-refractivity contribution in [1.82, 2.24) is 9.88 Å². The van der Waals surface area contributed by atoms with Gasteiger partial charge in [-0.15, -0.1) is 0 Å². The Morgan fingerprint density at radius 2 is 2.12 bits per heavy atom. The van der Waals surface area contributed by atoms with Crippen LogP contribution < -0.4 is 10.3 Å². The summed E-state index contributed by atoms with van der Waals surface area (Å²) in [6.45, 7) is 2.47. The molecule has 1 amide bonds. The second kappa shape index (κ2) is 9.28. The summed E-state index contributed by atoms with van der Waals surface area (Å²) < 4.78 is 24.6. The van der Waals surface area contributed by atoms with Crippen LogP contribution in [0.1, 0.15) is 6.92 Å². The zero-order valence-corrected chi connectivity index (χ0v) is 18.1. The van der Waals surface area contributed by atoms with Crippen molar-refractivity contribution in [1.29, 1.82) is 0 Å². The quantitative estimate of drug-likeness (QED) is 0.610. The minimum Gasteiger partial charge on any atom is -0.481 e. The van der Waals surface area contributed by atoms with E-state index < -0.39 is 18.0 Å². The van der Waals surface area contributed by atoms with Gasteiger partial charge in [-0.3, -0.25) is 9.59 Å². The summed E-state index contributed by atoms with van der Waals surface area (Å²) in [6, 6.07) is 8.58. The van der Waals surface area contributed by atoms with Crippen LogP contribution in [-0.2, 0) is 9.53 Å². The Hall–Kier alpha value is -2.94. The highest BCUT2D eigenvalue weighted by Gasteiger charge is 2.30. The molecule has 1 saturated heterocycles. The number of nitrogens with one attached hydrogen (secondary N) is 1. The summed E-state index contributed by atoms with van der Waals surface area (Å²) in [5.74, 6) is -0.376. The van der Waals surface area contributed by atoms with E-state index >= 15 is 0 Å². The highest BCUT2D eigenvalue weighted by atomic mass is 35.5. The number of ether oxygens (including phenoxy) is 2. The number of hydrogen-bond donors (Lipinski definition) is 2. The van der Waals surface area contributed by atoms with Crippen molar-refractivity contribution in [2.45, 2.75) is 19.1 Å². The normalized spacial score (nSPS) is 17.4. The van der Waals surface area contributed by atoms with E-state index in [9.17, 15) is 19.1 Å². The molecular weight excluding hydrogens is 439 g/mol. The van der Waals surface area contributed by atoms with Gasteiger partial charge < -0.3 is 24.5 Å². The second-order valence-corrected chi connectivity index (χ2v) is 7.97. The van der Waals surface area contributed by atoms with Crippen LogP contribution >= 0.6 is 11.6 Å². The van der Waals surface area contributed by atoms with Crippen LogP contribution in [0.4, 0.5) is 4.39 Å². The van der Waals surface area contributed by atoms with Gasteiger partial charge in [0.15, 0.2) is 6.10 Å². The van der Waals surface area contributed by atoms with Gasteiger partial charge in [-0.05, 0) is 48.7 Å². The van der Waals surface area contributed by atoms with Crippen LogP contribution in [0.15, 0.2) is 47.4 Å². The van der Waals surface area contributed by atoms with Crippen LogP contribution in [0.2, 0.25) is 5.02 Å². The van der Waals surface area contributed by atoms with Gasteiger partial charge in [0.05, 0.1) is 36.3 Å². The van der Waals surface area contributed by atoms with E-state index in [1.165, 1.54) is 18.3 Å². The topological polar surface area (TPSA) is 91.9 Å². The van der Waals surface area contributed by atoms with Crippen molar-refractivity contribution in [3.63, 3.8) is 0 Å². The maximum Gasteiger partial charge on any atom is 0.263 e. The summed E-state index contributed by atoms with van der Waals surface area (Å²) in [5.41, 5.74) is 0.883. The molecular formula is C23H22ClFN2O5. The number of halogens is 2. The fourth-order valence-corrected chi connectivity index (χ4v) is 4.10. The highest BCUT2D eigenvalue weighted by molar-refractivity contribution is 6.33. The average molecular weight is 461 g/mol. The smallest absolute Gasteiger partial charge is 0.263 e. The molecule has 0 unspecified atom stereocenters. The molecule has 0 bridgehead atoms. The molecule has 2 heterocycles. The molecule has 1 aliphatic heterocycles. The Kier molecular flexibility index (Phi) is 6.45. The first kappa shape index (κ1) is 22.3. The molecule has 32 heavy (non-hydrogen) atoms. The van der Waals surface area contributed by atoms with Crippen molar-refractivity contribution < 1.29 is 23.8 Å². The number of hydrogen-bond acceptors (Lipinski definition) is 5. The van der Waals surface area contributed by atoms with E-state index in [4.69, 9.17) is 21.1 Å². The van der Waals surface area contributed by atoms with Crippen LogP contribution in [0, 0.1) is 5.82 Å². The van der Waals surface area contributed by atoms with Gasteiger partial charge >= 0.3 is 0 Å². The third-order valence-corrected chi connectivity index (χ3v) is 5.79. The molecule has 168 valence electrons. The molecule has 2 aromatic carbocycles. The maximum absolute atomic E-state index is 13.5. The number of aliphatic hydroxyl groups excluding tert-OH is 1. The van der Waals surface area contributed by atoms with E-state index in [0.717, 1.165) is 0 Å². The van der Waals surface area contributed by atoms with Crippen LogP contribution in [0.25, 0.3) is 21.9 Å². The van der Waals surface area contributed by atoms with E-state index in [2.05, 4.69) is 4.98 Å². The molecule has 4 rings (SSSR count). The number of morpholine rings is 1. The summed E-state index contributed by atoms with van der Waals surface area (Å²) in [7, 11) is 0. The molecule has 3 aromatic rings. The minimum absolute atomic E-state index is 0.196. The van der Waals surface area contributed by atoms with Crippen molar-refractivity contribution in [3.05, 3.63) is 63.8 Å². The number of aromatic nitrogens is 1. The number of fused-ring (bicyclic) bond motifs is 1. The van der Waals surface area contributed by atoms with Gasteiger partial charge in [0, 0.05) is 23.9 Å². The Balaban J connectivity index is 1.63. The second-order valence-electron chi connectivity index (χ2n) is 7.57. The van der Waals surface area contributed by atoms with E-state index in [1.807, 2.05) is 0 Å². The third kappa shape index (κ3) is 4.34. The Morgan fingerprint density at radius 3 is 2.88 bits per heavy atom. The fraction of sp³-hybridized carbons (Fsp3) is 0.304. The summed E-state index contributed by atoms with van der Waals surface area (Å²) >= 11 is 6.21. The lowest BCUT2D eigenvalue weighted by Gasteiger charge is -2.35. The molecule has 2 N–H and O–H groups in total. The predicted molar refractivity (Wildman–Crippen MR) is 118 cm³/mol. The number of pyridine rings is 1. The number of amides is 1. The molecule has 1 fully saturated rings. The Morgan fingerprint density at radius 1 is 1.31 bits per heavy atom. The predicted octanol–water partition coefficient (Wildman–Crippen LogP) is 2.97. The molecule has 0 radical (unpaired) electrons. The van der Waals surface area contributed by atoms with Crippen LogP contribution in [0.5, 0.6) is 5.75 Å². The van der Waals surface area contributed by atoms with E-state index in [0.29, 0.717) is 40.8 Å².